The van der Waals surface area contributed by atoms with Gasteiger partial charge in [0.1, 0.15) is 6.10 Å². The average Bonchev–Trinajstić information content (AvgIpc) is 2.67. The molecule has 2 rings (SSSR count). The second-order valence-electron chi connectivity index (χ2n) is 5.83. The molecule has 0 radical (unpaired) electrons. The third kappa shape index (κ3) is 6.04. The molecule has 0 heterocycles. The van der Waals surface area contributed by atoms with Gasteiger partial charge in [-0.3, -0.25) is 4.99 Å². The van der Waals surface area contributed by atoms with Crippen LogP contribution < -0.4 is 15.4 Å². The summed E-state index contributed by atoms with van der Waals surface area (Å²) in [7, 11) is 3.38. The molecule has 0 saturated heterocycles. The van der Waals surface area contributed by atoms with Crippen molar-refractivity contribution in [3.8, 4) is 5.75 Å². The van der Waals surface area contributed by atoms with Gasteiger partial charge >= 0.3 is 0 Å². The molecular weight excluding hydrogens is 333 g/mol. The maximum Gasteiger partial charge on any atom is 0.191 e. The Morgan fingerprint density at radius 1 is 1.04 bits per heavy atom. The predicted octanol–water partition coefficient (Wildman–Crippen LogP) is 3.15. The van der Waals surface area contributed by atoms with Gasteiger partial charge in [-0.25, -0.2) is 4.39 Å². The molecule has 0 aliphatic carbocycles. The van der Waals surface area contributed by atoms with E-state index in [4.69, 9.17) is 9.47 Å². The Kier molecular flexibility index (Phi) is 7.89. The van der Waals surface area contributed by atoms with E-state index >= 15 is 0 Å². The topological polar surface area (TPSA) is 54.9 Å². The number of aliphatic imine (C=N–C) groups is 1. The molecule has 0 saturated carbocycles. The zero-order valence-corrected chi connectivity index (χ0v) is 15.4. The summed E-state index contributed by atoms with van der Waals surface area (Å²) in [6, 6.07) is 16.4. The molecule has 0 aliphatic heterocycles. The Morgan fingerprint density at radius 3 is 2.35 bits per heavy atom. The molecule has 6 heteroatoms. The Labute approximate surface area is 154 Å². The van der Waals surface area contributed by atoms with Crippen LogP contribution in [0.5, 0.6) is 5.75 Å². The fourth-order valence-electron chi connectivity index (χ4n) is 2.45. The number of nitrogens with one attached hydrogen (secondary N) is 2. The van der Waals surface area contributed by atoms with Crippen molar-refractivity contribution >= 4 is 5.96 Å². The first kappa shape index (κ1) is 19.7. The van der Waals surface area contributed by atoms with E-state index in [9.17, 15) is 4.39 Å². The highest BCUT2D eigenvalue weighted by Crippen LogP contribution is 2.17. The van der Waals surface area contributed by atoms with Crippen LogP contribution in [0.25, 0.3) is 0 Å². The van der Waals surface area contributed by atoms with Gasteiger partial charge in [-0.15, -0.1) is 0 Å². The van der Waals surface area contributed by atoms with Crippen LogP contribution in [0.3, 0.4) is 0 Å². The SMILES string of the molecule is CN=C(NCC(C)Oc1ccccc1F)NCC(OC)c1ccccc1. The number of methoxy groups -OCH3 is 1. The largest absolute Gasteiger partial charge is 0.486 e. The van der Waals surface area contributed by atoms with Gasteiger partial charge in [0.15, 0.2) is 17.5 Å². The Hall–Kier alpha value is -2.60. The van der Waals surface area contributed by atoms with Gasteiger partial charge in [0.25, 0.3) is 0 Å². The van der Waals surface area contributed by atoms with Gasteiger partial charge in [-0.05, 0) is 24.6 Å². The maximum atomic E-state index is 13.6. The molecule has 2 atom stereocenters. The highest BCUT2D eigenvalue weighted by Gasteiger charge is 2.12. The minimum absolute atomic E-state index is 0.0816. The van der Waals surface area contributed by atoms with Crippen LogP contribution in [0.2, 0.25) is 0 Å². The van der Waals surface area contributed by atoms with Gasteiger partial charge in [-0.2, -0.15) is 0 Å². The summed E-state index contributed by atoms with van der Waals surface area (Å²) in [4.78, 5) is 4.19. The summed E-state index contributed by atoms with van der Waals surface area (Å²) in [5.41, 5.74) is 1.09. The number of benzene rings is 2. The van der Waals surface area contributed by atoms with E-state index < -0.39 is 0 Å². The highest BCUT2D eigenvalue weighted by molar-refractivity contribution is 5.79. The molecule has 2 unspecified atom stereocenters. The van der Waals surface area contributed by atoms with E-state index in [0.717, 1.165) is 5.56 Å². The van der Waals surface area contributed by atoms with Crippen molar-refractivity contribution in [2.75, 3.05) is 27.2 Å². The number of rotatable bonds is 8. The normalized spacial score (nSPS) is 13.8. The van der Waals surface area contributed by atoms with Gasteiger partial charge in [0.05, 0.1) is 12.6 Å². The van der Waals surface area contributed by atoms with Crippen LogP contribution >= 0.6 is 0 Å². The van der Waals surface area contributed by atoms with Crippen molar-refractivity contribution in [2.24, 2.45) is 4.99 Å². The summed E-state index contributed by atoms with van der Waals surface area (Å²) in [6.45, 7) is 2.92. The monoisotopic (exact) mass is 359 g/mol. The van der Waals surface area contributed by atoms with Crippen molar-refractivity contribution < 1.29 is 13.9 Å². The Morgan fingerprint density at radius 2 is 1.69 bits per heavy atom. The first-order chi connectivity index (χ1) is 12.6. The molecule has 5 nitrogen and oxygen atoms in total. The second kappa shape index (κ2) is 10.4. The van der Waals surface area contributed by atoms with Crippen LogP contribution in [-0.2, 0) is 4.74 Å². The summed E-state index contributed by atoms with van der Waals surface area (Å²) >= 11 is 0. The minimum atomic E-state index is -0.368. The molecule has 0 fully saturated rings. The van der Waals surface area contributed by atoms with Crippen LogP contribution in [0.4, 0.5) is 4.39 Å². The molecule has 2 aromatic rings. The lowest BCUT2D eigenvalue weighted by molar-refractivity contribution is 0.106. The third-order valence-corrected chi connectivity index (χ3v) is 3.86. The quantitative estimate of drug-likeness (QED) is 0.562. The Balaban J connectivity index is 1.81. The fraction of sp³-hybridized carbons (Fsp3) is 0.350. The van der Waals surface area contributed by atoms with E-state index in [1.807, 2.05) is 37.3 Å². The number of guanidine groups is 1. The molecule has 26 heavy (non-hydrogen) atoms. The first-order valence-electron chi connectivity index (χ1n) is 8.57. The summed E-state index contributed by atoms with van der Waals surface area (Å²) in [6.07, 6.45) is -0.306. The smallest absolute Gasteiger partial charge is 0.191 e. The molecule has 0 bridgehead atoms. The lowest BCUT2D eigenvalue weighted by atomic mass is 10.1. The van der Waals surface area contributed by atoms with Crippen molar-refractivity contribution in [3.63, 3.8) is 0 Å². The molecule has 0 spiro atoms. The number of ether oxygens (including phenoxy) is 2. The number of hydrogen-bond acceptors (Lipinski definition) is 3. The number of nitrogens with zero attached hydrogens (tertiary/aromatic N) is 1. The van der Waals surface area contributed by atoms with E-state index in [2.05, 4.69) is 15.6 Å². The zero-order valence-electron chi connectivity index (χ0n) is 15.4. The predicted molar refractivity (Wildman–Crippen MR) is 102 cm³/mol. The molecule has 2 aromatic carbocycles. The molecule has 0 aliphatic rings. The Bertz CT molecular complexity index is 694. The fourth-order valence-corrected chi connectivity index (χ4v) is 2.45. The van der Waals surface area contributed by atoms with Crippen molar-refractivity contribution in [2.45, 2.75) is 19.1 Å². The van der Waals surface area contributed by atoms with Gasteiger partial charge in [0.2, 0.25) is 0 Å². The van der Waals surface area contributed by atoms with Crippen LogP contribution in [0, 0.1) is 5.82 Å². The van der Waals surface area contributed by atoms with Crippen molar-refractivity contribution in [1.29, 1.82) is 0 Å². The van der Waals surface area contributed by atoms with E-state index in [1.165, 1.54) is 6.07 Å². The minimum Gasteiger partial charge on any atom is -0.486 e. The summed E-state index contributed by atoms with van der Waals surface area (Å²) in [5.74, 6) is 0.507. The third-order valence-electron chi connectivity index (χ3n) is 3.86. The lowest BCUT2D eigenvalue weighted by Crippen LogP contribution is -2.43. The lowest BCUT2D eigenvalue weighted by Gasteiger charge is -2.20. The van der Waals surface area contributed by atoms with Crippen LogP contribution in [0.15, 0.2) is 59.6 Å². The summed E-state index contributed by atoms with van der Waals surface area (Å²) < 4.78 is 24.8. The number of hydrogen-bond donors (Lipinski definition) is 2. The first-order valence-corrected chi connectivity index (χ1v) is 8.57. The van der Waals surface area contributed by atoms with E-state index in [1.54, 1.807) is 32.4 Å². The summed E-state index contributed by atoms with van der Waals surface area (Å²) in [5, 5.41) is 6.41. The molecular formula is C20H26FN3O2. The second-order valence-corrected chi connectivity index (χ2v) is 5.83. The maximum absolute atomic E-state index is 13.6. The zero-order chi connectivity index (χ0) is 18.8. The van der Waals surface area contributed by atoms with Gasteiger partial charge < -0.3 is 20.1 Å². The molecule has 0 aromatic heterocycles. The highest BCUT2D eigenvalue weighted by atomic mass is 19.1. The van der Waals surface area contributed by atoms with Crippen LogP contribution in [0.1, 0.15) is 18.6 Å². The van der Waals surface area contributed by atoms with Crippen molar-refractivity contribution in [3.05, 3.63) is 66.0 Å². The molecule has 2 N–H and O–H groups in total. The van der Waals surface area contributed by atoms with Crippen molar-refractivity contribution in [1.82, 2.24) is 10.6 Å². The van der Waals surface area contributed by atoms with Gasteiger partial charge in [-0.1, -0.05) is 42.5 Å². The molecule has 0 amide bonds. The van der Waals surface area contributed by atoms with Crippen LogP contribution in [-0.4, -0.2) is 39.3 Å². The number of halogens is 1. The van der Waals surface area contributed by atoms with E-state index in [-0.39, 0.29) is 23.8 Å². The van der Waals surface area contributed by atoms with Gasteiger partial charge in [0, 0.05) is 20.7 Å². The molecule has 140 valence electrons. The van der Waals surface area contributed by atoms with E-state index in [0.29, 0.717) is 19.0 Å². The standard InChI is InChI=1S/C20H26FN3O2/c1-15(26-18-12-8-7-11-17(18)21)13-23-20(22-2)24-14-19(25-3)16-9-5-4-6-10-16/h4-12,15,19H,13-14H2,1-3H3,(H2,22,23,24). The average molecular weight is 359 g/mol. The number of para-hydroxylation sites is 1.